The van der Waals surface area contributed by atoms with E-state index in [2.05, 4.69) is 10.1 Å². The van der Waals surface area contributed by atoms with Crippen LogP contribution in [0.3, 0.4) is 0 Å². The zero-order valence-electron chi connectivity index (χ0n) is 10.9. The second kappa shape index (κ2) is 4.84. The van der Waals surface area contributed by atoms with Crippen molar-refractivity contribution in [1.82, 2.24) is 14.8 Å². The highest BCUT2D eigenvalue weighted by atomic mass is 16.5. The van der Waals surface area contributed by atoms with Gasteiger partial charge in [0.2, 0.25) is 11.8 Å². The van der Waals surface area contributed by atoms with E-state index >= 15 is 0 Å². The predicted molar refractivity (Wildman–Crippen MR) is 69.5 cm³/mol. The van der Waals surface area contributed by atoms with Crippen LogP contribution in [0.1, 0.15) is 28.6 Å². The third-order valence-electron chi connectivity index (χ3n) is 3.20. The third kappa shape index (κ3) is 2.18. The minimum absolute atomic E-state index is 0.114. The summed E-state index contributed by atoms with van der Waals surface area (Å²) in [6.45, 7) is 0.665. The summed E-state index contributed by atoms with van der Waals surface area (Å²) in [5.41, 5.74) is 6.41. The Morgan fingerprint density at radius 3 is 3.15 bits per heavy atom. The van der Waals surface area contributed by atoms with Gasteiger partial charge in [0, 0.05) is 31.3 Å². The van der Waals surface area contributed by atoms with Crippen molar-refractivity contribution < 1.29 is 14.3 Å². The van der Waals surface area contributed by atoms with Crippen molar-refractivity contribution in [2.75, 3.05) is 7.11 Å². The van der Waals surface area contributed by atoms with E-state index in [-0.39, 0.29) is 11.8 Å². The lowest BCUT2D eigenvalue weighted by atomic mass is 10.1. The summed E-state index contributed by atoms with van der Waals surface area (Å²) >= 11 is 0. The van der Waals surface area contributed by atoms with Crippen molar-refractivity contribution in [2.24, 2.45) is 5.73 Å². The number of ether oxygens (including phenoxy) is 2. The number of aryl methyl sites for hydroxylation is 1. The third-order valence-corrected chi connectivity index (χ3v) is 3.20. The Hall–Kier alpha value is -2.57. The molecule has 3 heterocycles. The molecule has 2 aromatic heterocycles. The summed E-state index contributed by atoms with van der Waals surface area (Å²) in [5, 5.41) is 4.09. The topological polar surface area (TPSA) is 92.3 Å². The summed E-state index contributed by atoms with van der Waals surface area (Å²) in [6.07, 6.45) is 2.31. The monoisotopic (exact) mass is 274 g/mol. The molecule has 2 aromatic rings. The van der Waals surface area contributed by atoms with Gasteiger partial charge < -0.3 is 15.2 Å². The zero-order valence-corrected chi connectivity index (χ0v) is 10.9. The van der Waals surface area contributed by atoms with Crippen LogP contribution in [0.15, 0.2) is 24.4 Å². The number of amides is 1. The fraction of sp³-hybridized carbons (Fsp3) is 0.308. The molecule has 0 fully saturated rings. The van der Waals surface area contributed by atoms with Gasteiger partial charge in [-0.05, 0) is 11.6 Å². The molecule has 1 amide bonds. The molecule has 0 saturated heterocycles. The number of carbonyl (C=O) groups is 1. The molecule has 7 nitrogen and oxygen atoms in total. The number of aromatic nitrogens is 3. The number of hydrogen-bond acceptors (Lipinski definition) is 5. The van der Waals surface area contributed by atoms with E-state index < -0.39 is 5.91 Å². The van der Waals surface area contributed by atoms with Gasteiger partial charge >= 0.3 is 0 Å². The highest BCUT2D eigenvalue weighted by Gasteiger charge is 2.24. The Balaban J connectivity index is 1.85. The normalized spacial score (nSPS) is 17.1. The van der Waals surface area contributed by atoms with Crippen molar-refractivity contribution in [1.29, 1.82) is 0 Å². The first-order valence-electron chi connectivity index (χ1n) is 6.21. The van der Waals surface area contributed by atoms with E-state index in [4.69, 9.17) is 15.2 Å². The minimum Gasteiger partial charge on any atom is -0.481 e. The molecule has 1 aliphatic heterocycles. The smallest absolute Gasteiger partial charge is 0.269 e. The number of methoxy groups -OCH3 is 1. The molecular formula is C13H14N4O3. The van der Waals surface area contributed by atoms with Crippen LogP contribution in [0.5, 0.6) is 11.8 Å². The molecule has 0 spiro atoms. The molecule has 0 saturated carbocycles. The van der Waals surface area contributed by atoms with Crippen molar-refractivity contribution in [2.45, 2.75) is 19.1 Å². The first kappa shape index (κ1) is 12.5. The van der Waals surface area contributed by atoms with E-state index in [9.17, 15) is 4.79 Å². The lowest BCUT2D eigenvalue weighted by Crippen LogP contribution is -2.20. The molecule has 0 radical (unpaired) electrons. The second-order valence-corrected chi connectivity index (χ2v) is 4.48. The van der Waals surface area contributed by atoms with Crippen LogP contribution in [0.25, 0.3) is 0 Å². The van der Waals surface area contributed by atoms with Gasteiger partial charge in [-0.25, -0.2) is 9.67 Å². The summed E-state index contributed by atoms with van der Waals surface area (Å²) < 4.78 is 12.6. The Morgan fingerprint density at radius 1 is 1.55 bits per heavy atom. The maximum Gasteiger partial charge on any atom is 0.269 e. The van der Waals surface area contributed by atoms with E-state index in [1.54, 1.807) is 24.1 Å². The Kier molecular flexibility index (Phi) is 3.02. The van der Waals surface area contributed by atoms with Crippen LogP contribution < -0.4 is 15.2 Å². The van der Waals surface area contributed by atoms with Crippen LogP contribution in [0, 0.1) is 0 Å². The van der Waals surface area contributed by atoms with Gasteiger partial charge in [-0.1, -0.05) is 0 Å². The Morgan fingerprint density at radius 2 is 2.40 bits per heavy atom. The highest BCUT2D eigenvalue weighted by molar-refractivity contribution is 5.91. The van der Waals surface area contributed by atoms with Gasteiger partial charge in [0.05, 0.1) is 7.11 Å². The van der Waals surface area contributed by atoms with Crippen LogP contribution >= 0.6 is 0 Å². The lowest BCUT2D eigenvalue weighted by Gasteiger charge is -2.24. The second-order valence-electron chi connectivity index (χ2n) is 4.48. The number of fused-ring (bicyclic) bond motifs is 1. The molecule has 2 N–H and O–H groups in total. The summed E-state index contributed by atoms with van der Waals surface area (Å²) in [6, 6.07) is 5.28. The average molecular weight is 274 g/mol. The van der Waals surface area contributed by atoms with Crippen molar-refractivity contribution in [3.8, 4) is 11.8 Å². The number of pyridine rings is 1. The highest BCUT2D eigenvalue weighted by Crippen LogP contribution is 2.31. The molecule has 20 heavy (non-hydrogen) atoms. The van der Waals surface area contributed by atoms with E-state index in [1.807, 2.05) is 12.1 Å². The molecule has 1 atom stereocenters. The van der Waals surface area contributed by atoms with Crippen LogP contribution in [-0.4, -0.2) is 27.8 Å². The summed E-state index contributed by atoms with van der Waals surface area (Å²) in [4.78, 5) is 15.2. The minimum atomic E-state index is -0.558. The van der Waals surface area contributed by atoms with Crippen molar-refractivity contribution >= 4 is 5.91 Å². The quantitative estimate of drug-likeness (QED) is 0.898. The predicted octanol–water partition coefficient (Wildman–Crippen LogP) is 0.909. The molecule has 7 heteroatoms. The van der Waals surface area contributed by atoms with Crippen LogP contribution in [-0.2, 0) is 6.54 Å². The average Bonchev–Trinajstić information content (AvgIpc) is 2.90. The Bertz CT molecular complexity index is 653. The number of hydrogen-bond donors (Lipinski definition) is 1. The summed E-state index contributed by atoms with van der Waals surface area (Å²) in [7, 11) is 1.57. The van der Waals surface area contributed by atoms with Crippen LogP contribution in [0.2, 0.25) is 0 Å². The van der Waals surface area contributed by atoms with Gasteiger partial charge in [-0.2, -0.15) is 5.10 Å². The molecule has 0 aliphatic carbocycles. The molecule has 1 aliphatic rings. The maximum atomic E-state index is 11.1. The molecule has 0 aromatic carbocycles. The molecule has 0 bridgehead atoms. The fourth-order valence-corrected chi connectivity index (χ4v) is 2.19. The van der Waals surface area contributed by atoms with Crippen molar-refractivity contribution in [3.63, 3.8) is 0 Å². The SMILES string of the molecule is COc1cc(C2CCn3nc(C(N)=O)cc3O2)ccn1. The number of primary amides is 1. The van der Waals surface area contributed by atoms with E-state index in [1.165, 1.54) is 0 Å². The lowest BCUT2D eigenvalue weighted by molar-refractivity contribution is 0.0994. The number of nitrogens with zero attached hydrogens (tertiary/aromatic N) is 3. The van der Waals surface area contributed by atoms with E-state index in [0.29, 0.717) is 18.3 Å². The number of rotatable bonds is 3. The number of carbonyl (C=O) groups excluding carboxylic acids is 1. The zero-order chi connectivity index (χ0) is 14.1. The Labute approximate surface area is 115 Å². The molecular weight excluding hydrogens is 260 g/mol. The first-order chi connectivity index (χ1) is 9.67. The first-order valence-corrected chi connectivity index (χ1v) is 6.21. The van der Waals surface area contributed by atoms with Gasteiger partial charge in [-0.15, -0.1) is 0 Å². The summed E-state index contributed by atoms with van der Waals surface area (Å²) in [5.74, 6) is 0.534. The largest absolute Gasteiger partial charge is 0.481 e. The van der Waals surface area contributed by atoms with Crippen LogP contribution in [0.4, 0.5) is 0 Å². The van der Waals surface area contributed by atoms with Crippen molar-refractivity contribution in [3.05, 3.63) is 35.7 Å². The molecule has 1 unspecified atom stereocenters. The van der Waals surface area contributed by atoms with E-state index in [0.717, 1.165) is 12.0 Å². The van der Waals surface area contributed by atoms with Gasteiger partial charge in [0.1, 0.15) is 6.10 Å². The van der Waals surface area contributed by atoms with Gasteiger partial charge in [0.15, 0.2) is 5.69 Å². The standard InChI is InChI=1S/C13H14N4O3/c1-19-11-6-8(2-4-15-11)10-3-5-17-12(20-10)7-9(16-17)13(14)18/h2,4,6-7,10H,3,5H2,1H3,(H2,14,18). The maximum absolute atomic E-state index is 11.1. The number of nitrogens with two attached hydrogens (primary N) is 1. The molecule has 3 rings (SSSR count). The van der Waals surface area contributed by atoms with Gasteiger partial charge in [0.25, 0.3) is 5.91 Å². The molecule has 104 valence electrons. The fourth-order valence-electron chi connectivity index (χ4n) is 2.19. The van der Waals surface area contributed by atoms with Gasteiger partial charge in [-0.3, -0.25) is 4.79 Å².